The monoisotopic (exact) mass is 273 g/mol. The normalized spacial score (nSPS) is 11.3. The van der Waals surface area contributed by atoms with E-state index in [0.717, 1.165) is 11.3 Å². The summed E-state index contributed by atoms with van der Waals surface area (Å²) in [6.45, 7) is 4.73. The highest BCUT2D eigenvalue weighted by Gasteiger charge is 2.12. The minimum Gasteiger partial charge on any atom is -0.494 e. The van der Waals surface area contributed by atoms with Crippen molar-refractivity contribution >= 4 is 18.4 Å². The molecule has 18 heavy (non-hydrogen) atoms. The first kappa shape index (κ1) is 16.7. The molecule has 0 amide bonds. The van der Waals surface area contributed by atoms with Crippen LogP contribution in [0.2, 0.25) is 0 Å². The molecule has 0 spiro atoms. The van der Waals surface area contributed by atoms with E-state index >= 15 is 0 Å². The van der Waals surface area contributed by atoms with Gasteiger partial charge in [-0.3, -0.25) is 4.79 Å². The quantitative estimate of drug-likeness (QED) is 0.809. The van der Waals surface area contributed by atoms with Gasteiger partial charge < -0.3 is 15.2 Å². The summed E-state index contributed by atoms with van der Waals surface area (Å²) in [5, 5.41) is 0. The Morgan fingerprint density at radius 3 is 2.33 bits per heavy atom. The Labute approximate surface area is 114 Å². The van der Waals surface area contributed by atoms with Gasteiger partial charge >= 0.3 is 5.97 Å². The third kappa shape index (κ3) is 5.38. The Hall–Kier alpha value is -1.26. The number of rotatable bonds is 6. The minimum absolute atomic E-state index is 0. The van der Waals surface area contributed by atoms with Gasteiger partial charge in [0.15, 0.2) is 0 Å². The third-order valence-electron chi connectivity index (χ3n) is 2.31. The summed E-state index contributed by atoms with van der Waals surface area (Å²) in [6.07, 6.45) is 0.196. The van der Waals surface area contributed by atoms with E-state index in [0.29, 0.717) is 13.2 Å². The molecule has 5 heteroatoms. The molecule has 102 valence electrons. The number of halogens is 1. The number of esters is 1. The van der Waals surface area contributed by atoms with Gasteiger partial charge in [-0.2, -0.15) is 0 Å². The van der Waals surface area contributed by atoms with Crippen molar-refractivity contribution in [3.63, 3.8) is 0 Å². The van der Waals surface area contributed by atoms with Gasteiger partial charge in [0.05, 0.1) is 19.6 Å². The molecule has 0 aliphatic rings. The maximum atomic E-state index is 11.3. The van der Waals surface area contributed by atoms with Gasteiger partial charge in [0.1, 0.15) is 5.75 Å². The van der Waals surface area contributed by atoms with Crippen LogP contribution in [0.5, 0.6) is 5.75 Å². The van der Waals surface area contributed by atoms with E-state index in [-0.39, 0.29) is 30.8 Å². The van der Waals surface area contributed by atoms with Crippen molar-refractivity contribution in [3.05, 3.63) is 29.8 Å². The molecule has 0 saturated heterocycles. The van der Waals surface area contributed by atoms with Crippen LogP contribution in [0.25, 0.3) is 0 Å². The first-order chi connectivity index (χ1) is 8.17. The molecule has 4 nitrogen and oxygen atoms in total. The van der Waals surface area contributed by atoms with Gasteiger partial charge in [0.2, 0.25) is 0 Å². The van der Waals surface area contributed by atoms with E-state index in [4.69, 9.17) is 15.2 Å². The summed E-state index contributed by atoms with van der Waals surface area (Å²) < 4.78 is 10.2. The summed E-state index contributed by atoms with van der Waals surface area (Å²) in [4.78, 5) is 11.3. The Morgan fingerprint density at radius 2 is 1.83 bits per heavy atom. The first-order valence-electron chi connectivity index (χ1n) is 5.81. The molecule has 0 aliphatic carbocycles. The van der Waals surface area contributed by atoms with Crippen molar-refractivity contribution in [1.29, 1.82) is 0 Å². The van der Waals surface area contributed by atoms with Crippen LogP contribution in [-0.2, 0) is 9.53 Å². The fourth-order valence-corrected chi connectivity index (χ4v) is 1.50. The fraction of sp³-hybridized carbons (Fsp3) is 0.462. The predicted molar refractivity (Wildman–Crippen MR) is 73.0 cm³/mol. The second kappa shape index (κ2) is 8.78. The van der Waals surface area contributed by atoms with Crippen LogP contribution in [0.4, 0.5) is 0 Å². The van der Waals surface area contributed by atoms with Crippen molar-refractivity contribution < 1.29 is 14.3 Å². The average Bonchev–Trinajstić information content (AvgIpc) is 2.30. The molecular weight excluding hydrogens is 254 g/mol. The molecule has 1 rings (SSSR count). The van der Waals surface area contributed by atoms with Crippen LogP contribution in [0, 0.1) is 0 Å². The van der Waals surface area contributed by atoms with Crippen molar-refractivity contribution in [1.82, 2.24) is 0 Å². The van der Waals surface area contributed by atoms with Crippen LogP contribution >= 0.6 is 12.4 Å². The maximum Gasteiger partial charge on any atom is 0.307 e. The molecule has 0 aromatic heterocycles. The van der Waals surface area contributed by atoms with Gasteiger partial charge in [-0.1, -0.05) is 12.1 Å². The Kier molecular flexibility index (Phi) is 8.16. The third-order valence-corrected chi connectivity index (χ3v) is 2.31. The van der Waals surface area contributed by atoms with E-state index in [1.54, 1.807) is 6.92 Å². The van der Waals surface area contributed by atoms with E-state index in [1.807, 2.05) is 31.2 Å². The second-order valence-electron chi connectivity index (χ2n) is 3.62. The summed E-state index contributed by atoms with van der Waals surface area (Å²) in [7, 11) is 0. The van der Waals surface area contributed by atoms with Crippen molar-refractivity contribution in [2.75, 3.05) is 13.2 Å². The van der Waals surface area contributed by atoms with Gasteiger partial charge in [-0.25, -0.2) is 0 Å². The maximum absolute atomic E-state index is 11.3. The number of carbonyl (C=O) groups is 1. The number of carbonyl (C=O) groups excluding carboxylic acids is 1. The molecule has 1 atom stereocenters. The highest BCUT2D eigenvalue weighted by Crippen LogP contribution is 2.18. The number of hydrogen-bond acceptors (Lipinski definition) is 4. The molecule has 0 heterocycles. The lowest BCUT2D eigenvalue weighted by Crippen LogP contribution is -2.17. The smallest absolute Gasteiger partial charge is 0.307 e. The summed E-state index contributed by atoms with van der Waals surface area (Å²) in [5.74, 6) is 0.536. The summed E-state index contributed by atoms with van der Waals surface area (Å²) in [6, 6.07) is 7.11. The minimum atomic E-state index is -0.329. The highest BCUT2D eigenvalue weighted by molar-refractivity contribution is 5.85. The molecule has 2 N–H and O–H groups in total. The average molecular weight is 274 g/mol. The van der Waals surface area contributed by atoms with E-state index < -0.39 is 0 Å². The fourth-order valence-electron chi connectivity index (χ4n) is 1.50. The lowest BCUT2D eigenvalue weighted by atomic mass is 10.0. The van der Waals surface area contributed by atoms with E-state index in [2.05, 4.69) is 0 Å². The van der Waals surface area contributed by atoms with Crippen LogP contribution in [0.15, 0.2) is 24.3 Å². The first-order valence-corrected chi connectivity index (χ1v) is 5.81. The van der Waals surface area contributed by atoms with Crippen LogP contribution < -0.4 is 10.5 Å². The number of ether oxygens (including phenoxy) is 2. The molecule has 0 saturated carbocycles. The Morgan fingerprint density at radius 1 is 1.22 bits per heavy atom. The van der Waals surface area contributed by atoms with Gasteiger partial charge in [-0.15, -0.1) is 12.4 Å². The Balaban J connectivity index is 0.00000289. The predicted octanol–water partition coefficient (Wildman–Crippen LogP) is 2.46. The standard InChI is InChI=1S/C13H19NO3.ClH/c1-3-16-11-7-5-10(6-8-11)12(14)9-13(15)17-4-2;/h5-8,12H,3-4,9,14H2,1-2H3;1H/t12-;/m0./s1. The molecule has 0 bridgehead atoms. The summed E-state index contributed by atoms with van der Waals surface area (Å²) >= 11 is 0. The van der Waals surface area contributed by atoms with Crippen LogP contribution in [0.1, 0.15) is 31.9 Å². The van der Waals surface area contributed by atoms with Gasteiger partial charge in [0, 0.05) is 6.04 Å². The molecule has 0 unspecified atom stereocenters. The van der Waals surface area contributed by atoms with Gasteiger partial charge in [0.25, 0.3) is 0 Å². The number of benzene rings is 1. The van der Waals surface area contributed by atoms with Crippen LogP contribution in [0.3, 0.4) is 0 Å². The molecule has 0 radical (unpaired) electrons. The van der Waals surface area contributed by atoms with Crippen molar-refractivity contribution in [2.24, 2.45) is 5.73 Å². The SMILES string of the molecule is CCOC(=O)C[C@H](N)c1ccc(OCC)cc1.Cl. The zero-order valence-corrected chi connectivity index (χ0v) is 11.5. The zero-order chi connectivity index (χ0) is 12.7. The van der Waals surface area contributed by atoms with E-state index in [1.165, 1.54) is 0 Å². The van der Waals surface area contributed by atoms with Gasteiger partial charge in [-0.05, 0) is 31.5 Å². The second-order valence-corrected chi connectivity index (χ2v) is 3.62. The lowest BCUT2D eigenvalue weighted by molar-refractivity contribution is -0.143. The van der Waals surface area contributed by atoms with Crippen LogP contribution in [-0.4, -0.2) is 19.2 Å². The molecule has 1 aromatic rings. The molecule has 0 aliphatic heterocycles. The molecule has 1 aromatic carbocycles. The van der Waals surface area contributed by atoms with Crippen molar-refractivity contribution in [3.8, 4) is 5.75 Å². The molecular formula is C13H20ClNO3. The Bertz CT molecular complexity index is 354. The largest absolute Gasteiger partial charge is 0.494 e. The number of nitrogens with two attached hydrogens (primary N) is 1. The highest BCUT2D eigenvalue weighted by atomic mass is 35.5. The van der Waals surface area contributed by atoms with Crippen molar-refractivity contribution in [2.45, 2.75) is 26.3 Å². The zero-order valence-electron chi connectivity index (χ0n) is 10.7. The summed E-state index contributed by atoms with van der Waals surface area (Å²) in [5.41, 5.74) is 6.81. The van der Waals surface area contributed by atoms with E-state index in [9.17, 15) is 4.79 Å². The topological polar surface area (TPSA) is 61.5 Å². The lowest BCUT2D eigenvalue weighted by Gasteiger charge is -2.12. The molecule has 0 fully saturated rings. The number of hydrogen-bond donors (Lipinski definition) is 1.